The molecular weight excluding hydrogens is 407 g/mol. The fourth-order valence-corrected chi connectivity index (χ4v) is 3.20. The van der Waals surface area contributed by atoms with Crippen molar-refractivity contribution in [1.82, 2.24) is 10.6 Å². The van der Waals surface area contributed by atoms with Crippen LogP contribution >= 0.6 is 35.4 Å². The van der Waals surface area contributed by atoms with Crippen LogP contribution in [0.15, 0.2) is 18.2 Å². The summed E-state index contributed by atoms with van der Waals surface area (Å²) in [6.07, 6.45) is 0.759. The largest absolute Gasteiger partial charge is 0.444 e. The maximum Gasteiger partial charge on any atom is 0.408 e. The van der Waals surface area contributed by atoms with Gasteiger partial charge in [-0.15, -0.1) is 0 Å². The van der Waals surface area contributed by atoms with Gasteiger partial charge in [0, 0.05) is 29.3 Å². The third-order valence-corrected chi connectivity index (χ3v) is 4.63. The van der Waals surface area contributed by atoms with Crippen LogP contribution in [0.1, 0.15) is 52.2 Å². The average Bonchev–Trinajstić information content (AvgIpc) is 2.54. The molecule has 1 amide bonds. The number of thiocarbonyl (C=S) groups is 1. The van der Waals surface area contributed by atoms with Gasteiger partial charge in [-0.2, -0.15) is 0 Å². The van der Waals surface area contributed by atoms with Crippen LogP contribution < -0.4 is 10.6 Å². The molecule has 5 nitrogen and oxygen atoms in total. The summed E-state index contributed by atoms with van der Waals surface area (Å²) in [4.78, 5) is 12.6. The Kier molecular flexibility index (Phi) is 9.81. The second-order valence-corrected chi connectivity index (χ2v) is 8.41. The summed E-state index contributed by atoms with van der Waals surface area (Å²) in [5, 5.41) is 7.09. The van der Waals surface area contributed by atoms with Gasteiger partial charge >= 0.3 is 6.09 Å². The molecule has 0 radical (unpaired) electrons. The zero-order valence-electron chi connectivity index (χ0n) is 16.4. The number of carbonyl (C=O) groups excluding carboxylic acids is 1. The molecule has 2 atom stereocenters. The van der Waals surface area contributed by atoms with Crippen molar-refractivity contribution in [2.24, 2.45) is 0 Å². The Bertz CT molecular complexity index is 650. The van der Waals surface area contributed by atoms with Crippen molar-refractivity contribution in [1.29, 1.82) is 0 Å². The first kappa shape index (κ1) is 24.0. The van der Waals surface area contributed by atoms with E-state index in [2.05, 4.69) is 10.6 Å². The summed E-state index contributed by atoms with van der Waals surface area (Å²) >= 11 is 17.7. The van der Waals surface area contributed by atoms with E-state index in [1.54, 1.807) is 19.2 Å². The lowest BCUT2D eigenvalue weighted by molar-refractivity contribution is 0.0516. The van der Waals surface area contributed by atoms with Crippen LogP contribution in [-0.2, 0) is 9.47 Å². The second-order valence-electron chi connectivity index (χ2n) is 7.12. The molecule has 0 saturated heterocycles. The van der Waals surface area contributed by atoms with Gasteiger partial charge in [-0.25, -0.2) is 4.79 Å². The van der Waals surface area contributed by atoms with Crippen molar-refractivity contribution in [3.63, 3.8) is 0 Å². The first-order chi connectivity index (χ1) is 12.6. The van der Waals surface area contributed by atoms with Crippen molar-refractivity contribution in [3.05, 3.63) is 33.8 Å². The molecule has 0 heterocycles. The van der Waals surface area contributed by atoms with E-state index in [1.807, 2.05) is 33.8 Å². The van der Waals surface area contributed by atoms with Gasteiger partial charge in [0.05, 0.1) is 11.0 Å². The third-order valence-electron chi connectivity index (χ3n) is 3.64. The van der Waals surface area contributed by atoms with E-state index < -0.39 is 11.7 Å². The normalized spacial score (nSPS) is 13.6. The minimum atomic E-state index is -0.567. The zero-order valence-corrected chi connectivity index (χ0v) is 18.7. The number of hydrogen-bond acceptors (Lipinski definition) is 4. The third kappa shape index (κ3) is 8.64. The summed E-state index contributed by atoms with van der Waals surface area (Å²) in [5.41, 5.74) is 0.244. The lowest BCUT2D eigenvalue weighted by atomic mass is 10.1. The first-order valence-electron chi connectivity index (χ1n) is 8.82. The molecular formula is C19H28Cl2N2O3S. The summed E-state index contributed by atoms with van der Waals surface area (Å²) < 4.78 is 10.8. The van der Waals surface area contributed by atoms with Crippen LogP contribution in [-0.4, -0.2) is 36.4 Å². The van der Waals surface area contributed by atoms with Gasteiger partial charge in [0.25, 0.3) is 0 Å². The molecule has 27 heavy (non-hydrogen) atoms. The van der Waals surface area contributed by atoms with Crippen LogP contribution in [0, 0.1) is 0 Å². The number of halogens is 2. The van der Waals surface area contributed by atoms with E-state index in [4.69, 9.17) is 44.9 Å². The summed E-state index contributed by atoms with van der Waals surface area (Å²) in [6, 6.07) is 4.94. The number of rotatable bonds is 8. The van der Waals surface area contributed by atoms with Gasteiger partial charge in [-0.1, -0.05) is 54.8 Å². The maximum atomic E-state index is 12.1. The quantitative estimate of drug-likeness (QED) is 0.544. The Morgan fingerprint density at radius 1 is 1.30 bits per heavy atom. The number of benzene rings is 1. The Labute approximate surface area is 177 Å². The molecule has 2 unspecified atom stereocenters. The highest BCUT2D eigenvalue weighted by Crippen LogP contribution is 2.27. The molecule has 0 aliphatic carbocycles. The van der Waals surface area contributed by atoms with Crippen molar-refractivity contribution in [2.45, 2.75) is 58.3 Å². The minimum absolute atomic E-state index is 0.309. The monoisotopic (exact) mass is 434 g/mol. The van der Waals surface area contributed by atoms with Gasteiger partial charge in [0.15, 0.2) is 0 Å². The fourth-order valence-electron chi connectivity index (χ4n) is 2.41. The summed E-state index contributed by atoms with van der Waals surface area (Å²) in [7, 11) is 1.60. The maximum absolute atomic E-state index is 12.1. The number of hydrogen-bond donors (Lipinski definition) is 2. The van der Waals surface area contributed by atoms with Crippen LogP contribution in [0.4, 0.5) is 4.79 Å². The van der Waals surface area contributed by atoms with Crippen molar-refractivity contribution >= 4 is 46.5 Å². The molecule has 0 aromatic heterocycles. The molecule has 1 rings (SSSR count). The van der Waals surface area contributed by atoms with Gasteiger partial charge in [-0.3, -0.25) is 0 Å². The van der Waals surface area contributed by atoms with Crippen LogP contribution in [0.2, 0.25) is 10.0 Å². The predicted molar refractivity (Wildman–Crippen MR) is 115 cm³/mol. The highest BCUT2D eigenvalue weighted by molar-refractivity contribution is 7.80. The molecule has 0 aliphatic heterocycles. The lowest BCUT2D eigenvalue weighted by Gasteiger charge is -2.25. The Hall–Kier alpha value is -1.08. The smallest absolute Gasteiger partial charge is 0.408 e. The second kappa shape index (κ2) is 11.1. The standard InChI is InChI=1S/C19H28Cl2N2O3S/c1-6-7-15(23-18(24)26-19(2,3)4)17(27)22-11-16(25-5)13-9-8-12(20)10-14(13)21/h8-10,15-16H,6-7,11H2,1-5H3,(H,22,27)(H,23,24). The van der Waals surface area contributed by atoms with Crippen molar-refractivity contribution in [2.75, 3.05) is 13.7 Å². The molecule has 2 N–H and O–H groups in total. The molecule has 8 heteroatoms. The number of methoxy groups -OCH3 is 1. The lowest BCUT2D eigenvalue weighted by Crippen LogP contribution is -2.48. The molecule has 1 aromatic carbocycles. The number of amides is 1. The number of carbonyl (C=O) groups is 1. The number of ether oxygens (including phenoxy) is 2. The topological polar surface area (TPSA) is 59.6 Å². The molecule has 0 bridgehead atoms. The fraction of sp³-hybridized carbons (Fsp3) is 0.579. The summed E-state index contributed by atoms with van der Waals surface area (Å²) in [5.74, 6) is 0. The van der Waals surface area contributed by atoms with E-state index >= 15 is 0 Å². The van der Waals surface area contributed by atoms with Gasteiger partial charge in [0.1, 0.15) is 11.7 Å². The molecule has 0 fully saturated rings. The number of alkyl carbamates (subject to hydrolysis) is 1. The average molecular weight is 435 g/mol. The van der Waals surface area contributed by atoms with Gasteiger partial charge in [-0.05, 0) is 39.3 Å². The first-order valence-corrected chi connectivity index (χ1v) is 9.98. The van der Waals surface area contributed by atoms with Crippen LogP contribution in [0.3, 0.4) is 0 Å². The van der Waals surface area contributed by atoms with E-state index in [1.165, 1.54) is 0 Å². The Balaban J connectivity index is 2.72. The molecule has 0 spiro atoms. The highest BCUT2D eigenvalue weighted by atomic mass is 35.5. The SMILES string of the molecule is CCCC(NC(=O)OC(C)(C)C)C(=S)NCC(OC)c1ccc(Cl)cc1Cl. The Morgan fingerprint density at radius 3 is 2.48 bits per heavy atom. The molecule has 0 aliphatic rings. The molecule has 1 aromatic rings. The van der Waals surface area contributed by atoms with Gasteiger partial charge in [0.2, 0.25) is 0 Å². The molecule has 152 valence electrons. The Morgan fingerprint density at radius 2 is 1.96 bits per heavy atom. The van der Waals surface area contributed by atoms with Crippen LogP contribution in [0.5, 0.6) is 0 Å². The number of nitrogens with one attached hydrogen (secondary N) is 2. The minimum Gasteiger partial charge on any atom is -0.444 e. The van der Waals surface area contributed by atoms with E-state index in [0.29, 0.717) is 28.0 Å². The zero-order chi connectivity index (χ0) is 20.6. The van der Waals surface area contributed by atoms with E-state index in [9.17, 15) is 4.79 Å². The van der Waals surface area contributed by atoms with E-state index in [0.717, 1.165) is 12.0 Å². The summed E-state index contributed by atoms with van der Waals surface area (Å²) in [6.45, 7) is 7.88. The predicted octanol–water partition coefficient (Wildman–Crippen LogP) is 5.29. The van der Waals surface area contributed by atoms with E-state index in [-0.39, 0.29) is 12.1 Å². The van der Waals surface area contributed by atoms with Crippen molar-refractivity contribution < 1.29 is 14.3 Å². The molecule has 0 saturated carbocycles. The van der Waals surface area contributed by atoms with Crippen molar-refractivity contribution in [3.8, 4) is 0 Å². The van der Waals surface area contributed by atoms with Crippen LogP contribution in [0.25, 0.3) is 0 Å². The van der Waals surface area contributed by atoms with Gasteiger partial charge < -0.3 is 20.1 Å². The highest BCUT2D eigenvalue weighted by Gasteiger charge is 2.22.